The minimum atomic E-state index is 0.591. The maximum Gasteiger partial charge on any atom is 0.119 e. The van der Waals surface area contributed by atoms with Crippen LogP contribution in [0.4, 0.5) is 0 Å². The number of hydrogen-bond donors (Lipinski definition) is 1. The average Bonchev–Trinajstić information content (AvgIpc) is 2.45. The van der Waals surface area contributed by atoms with Crippen LogP contribution < -0.4 is 10.1 Å². The summed E-state index contributed by atoms with van der Waals surface area (Å²) in [4.78, 5) is 2.35. The summed E-state index contributed by atoms with van der Waals surface area (Å²) in [5, 5.41) is 3.33. The van der Waals surface area contributed by atoms with Gasteiger partial charge in [-0.2, -0.15) is 11.8 Å². The first-order valence-electron chi connectivity index (χ1n) is 7.29. The molecule has 0 aliphatic rings. The van der Waals surface area contributed by atoms with Crippen molar-refractivity contribution in [3.63, 3.8) is 0 Å². The molecule has 0 bridgehead atoms. The molecule has 3 nitrogen and oxygen atoms in total. The van der Waals surface area contributed by atoms with Crippen molar-refractivity contribution in [2.75, 3.05) is 38.8 Å². The fourth-order valence-corrected chi connectivity index (χ4v) is 2.65. The summed E-state index contributed by atoms with van der Waals surface area (Å²) in [6.07, 6.45) is 2.15. The smallest absolute Gasteiger partial charge is 0.119 e. The molecule has 0 saturated heterocycles. The van der Waals surface area contributed by atoms with Crippen LogP contribution in [0.25, 0.3) is 0 Å². The maximum absolute atomic E-state index is 5.85. The first-order valence-corrected chi connectivity index (χ1v) is 8.68. The van der Waals surface area contributed by atoms with Crippen LogP contribution in [-0.4, -0.2) is 49.7 Å². The average molecular weight is 296 g/mol. The van der Waals surface area contributed by atoms with Crippen LogP contribution in [0.5, 0.6) is 5.75 Å². The van der Waals surface area contributed by atoms with Gasteiger partial charge in [0.15, 0.2) is 0 Å². The lowest BCUT2D eigenvalue weighted by atomic mass is 10.2. The lowest BCUT2D eigenvalue weighted by Crippen LogP contribution is -2.34. The Balaban J connectivity index is 2.34. The van der Waals surface area contributed by atoms with Crippen LogP contribution in [0, 0.1) is 0 Å². The van der Waals surface area contributed by atoms with Gasteiger partial charge >= 0.3 is 0 Å². The number of ether oxygens (including phenoxy) is 1. The molecule has 20 heavy (non-hydrogen) atoms. The molecule has 0 heterocycles. The summed E-state index contributed by atoms with van der Waals surface area (Å²) in [6, 6.07) is 8.92. The molecule has 0 aliphatic heterocycles. The van der Waals surface area contributed by atoms with E-state index in [2.05, 4.69) is 55.6 Å². The van der Waals surface area contributed by atoms with Gasteiger partial charge in [0.2, 0.25) is 0 Å². The van der Waals surface area contributed by atoms with Gasteiger partial charge in [-0.25, -0.2) is 0 Å². The summed E-state index contributed by atoms with van der Waals surface area (Å²) in [5.41, 5.74) is 1.27. The van der Waals surface area contributed by atoms with Gasteiger partial charge in [-0.1, -0.05) is 19.1 Å². The van der Waals surface area contributed by atoms with E-state index in [1.165, 1.54) is 5.56 Å². The zero-order valence-electron chi connectivity index (χ0n) is 13.2. The van der Waals surface area contributed by atoms with Crippen molar-refractivity contribution in [3.05, 3.63) is 29.8 Å². The van der Waals surface area contributed by atoms with Gasteiger partial charge in [0.25, 0.3) is 0 Å². The van der Waals surface area contributed by atoms with E-state index in [-0.39, 0.29) is 0 Å². The third-order valence-electron chi connectivity index (χ3n) is 3.35. The standard InChI is InChI=1S/C16H28N2OS/c1-5-17-12-15-7-6-8-16(11-15)19-10-9-18(3)14(2)13-20-4/h6-8,11,14,17H,5,9-10,12-13H2,1-4H3. The molecular weight excluding hydrogens is 268 g/mol. The molecule has 0 spiro atoms. The van der Waals surface area contributed by atoms with Crippen LogP contribution in [-0.2, 0) is 6.54 Å². The molecular formula is C16H28N2OS. The van der Waals surface area contributed by atoms with Crippen LogP contribution in [0.1, 0.15) is 19.4 Å². The Labute approximate surface area is 128 Å². The minimum Gasteiger partial charge on any atom is -0.492 e. The van der Waals surface area contributed by atoms with E-state index in [1.54, 1.807) is 0 Å². The Morgan fingerprint density at radius 3 is 2.90 bits per heavy atom. The summed E-state index contributed by atoms with van der Waals surface area (Å²) in [5.74, 6) is 2.13. The molecule has 114 valence electrons. The highest BCUT2D eigenvalue weighted by Crippen LogP contribution is 2.13. The topological polar surface area (TPSA) is 24.5 Å². The Morgan fingerprint density at radius 1 is 1.40 bits per heavy atom. The lowest BCUT2D eigenvalue weighted by molar-refractivity contribution is 0.210. The van der Waals surface area contributed by atoms with Crippen LogP contribution >= 0.6 is 11.8 Å². The van der Waals surface area contributed by atoms with E-state index < -0.39 is 0 Å². The second-order valence-corrected chi connectivity index (χ2v) is 5.97. The molecule has 1 N–H and O–H groups in total. The van der Waals surface area contributed by atoms with Crippen molar-refractivity contribution in [3.8, 4) is 5.75 Å². The SMILES string of the molecule is CCNCc1cccc(OCCN(C)C(C)CSC)c1. The van der Waals surface area contributed by atoms with Crippen LogP contribution in [0.2, 0.25) is 0 Å². The summed E-state index contributed by atoms with van der Waals surface area (Å²) in [6.45, 7) is 7.96. The van der Waals surface area contributed by atoms with Crippen molar-refractivity contribution in [2.24, 2.45) is 0 Å². The first-order chi connectivity index (χ1) is 9.67. The second-order valence-electron chi connectivity index (χ2n) is 5.06. The third-order valence-corrected chi connectivity index (χ3v) is 4.17. The van der Waals surface area contributed by atoms with Gasteiger partial charge in [0.1, 0.15) is 12.4 Å². The predicted octanol–water partition coefficient (Wildman–Crippen LogP) is 2.86. The number of thioether (sulfide) groups is 1. The third kappa shape index (κ3) is 6.64. The molecule has 1 aromatic carbocycles. The number of benzene rings is 1. The highest BCUT2D eigenvalue weighted by atomic mass is 32.2. The van der Waals surface area contributed by atoms with Crippen molar-refractivity contribution < 1.29 is 4.74 Å². The van der Waals surface area contributed by atoms with E-state index in [4.69, 9.17) is 4.74 Å². The molecule has 1 atom stereocenters. The second kappa shape index (κ2) is 10.1. The Bertz CT molecular complexity index is 373. The van der Waals surface area contributed by atoms with E-state index in [9.17, 15) is 0 Å². The minimum absolute atomic E-state index is 0.591. The van der Waals surface area contributed by atoms with Crippen LogP contribution in [0.3, 0.4) is 0 Å². The van der Waals surface area contributed by atoms with Gasteiger partial charge in [0.05, 0.1) is 0 Å². The molecule has 1 aromatic rings. The van der Waals surface area contributed by atoms with Gasteiger partial charge in [0, 0.05) is 24.9 Å². The van der Waals surface area contributed by atoms with Gasteiger partial charge < -0.3 is 10.1 Å². The largest absolute Gasteiger partial charge is 0.492 e. The molecule has 0 amide bonds. The Hall–Kier alpha value is -0.710. The number of likely N-dealkylation sites (N-methyl/N-ethyl adjacent to an activating group) is 1. The number of rotatable bonds is 10. The summed E-state index contributed by atoms with van der Waals surface area (Å²) < 4.78 is 5.85. The van der Waals surface area contributed by atoms with Gasteiger partial charge in [-0.15, -0.1) is 0 Å². The lowest BCUT2D eigenvalue weighted by Gasteiger charge is -2.23. The monoisotopic (exact) mass is 296 g/mol. The molecule has 1 unspecified atom stereocenters. The van der Waals surface area contributed by atoms with E-state index >= 15 is 0 Å². The van der Waals surface area contributed by atoms with Gasteiger partial charge in [-0.3, -0.25) is 4.90 Å². The van der Waals surface area contributed by atoms with E-state index in [1.807, 2.05) is 17.8 Å². The quantitative estimate of drug-likeness (QED) is 0.717. The number of nitrogens with one attached hydrogen (secondary N) is 1. The first kappa shape index (κ1) is 17.3. The normalized spacial score (nSPS) is 12.7. The molecule has 0 saturated carbocycles. The summed E-state index contributed by atoms with van der Waals surface area (Å²) >= 11 is 1.89. The molecule has 0 radical (unpaired) electrons. The van der Waals surface area contributed by atoms with Gasteiger partial charge in [-0.05, 0) is 44.5 Å². The highest BCUT2D eigenvalue weighted by Gasteiger charge is 2.08. The molecule has 0 aromatic heterocycles. The van der Waals surface area contributed by atoms with Crippen LogP contribution in [0.15, 0.2) is 24.3 Å². The molecule has 1 rings (SSSR count). The van der Waals surface area contributed by atoms with Crippen molar-refractivity contribution in [1.29, 1.82) is 0 Å². The Morgan fingerprint density at radius 2 is 2.20 bits per heavy atom. The summed E-state index contributed by atoms with van der Waals surface area (Å²) in [7, 11) is 2.16. The Kier molecular flexibility index (Phi) is 8.74. The fourth-order valence-electron chi connectivity index (χ4n) is 1.91. The molecule has 0 aliphatic carbocycles. The van der Waals surface area contributed by atoms with E-state index in [0.29, 0.717) is 6.04 Å². The number of hydrogen-bond acceptors (Lipinski definition) is 4. The highest BCUT2D eigenvalue weighted by molar-refractivity contribution is 7.98. The number of nitrogens with zero attached hydrogens (tertiary/aromatic N) is 1. The zero-order valence-corrected chi connectivity index (χ0v) is 14.0. The maximum atomic E-state index is 5.85. The predicted molar refractivity (Wildman–Crippen MR) is 89.8 cm³/mol. The fraction of sp³-hybridized carbons (Fsp3) is 0.625. The van der Waals surface area contributed by atoms with Crippen molar-refractivity contribution in [2.45, 2.75) is 26.4 Å². The molecule has 0 fully saturated rings. The zero-order chi connectivity index (χ0) is 14.8. The van der Waals surface area contributed by atoms with Crippen molar-refractivity contribution >= 4 is 11.8 Å². The van der Waals surface area contributed by atoms with Crippen molar-refractivity contribution in [1.82, 2.24) is 10.2 Å². The van der Waals surface area contributed by atoms with E-state index in [0.717, 1.165) is 37.7 Å². The molecule has 4 heteroatoms.